The zero-order chi connectivity index (χ0) is 18.2. The summed E-state index contributed by atoms with van der Waals surface area (Å²) in [5.74, 6) is 0.176. The number of carboxylic acids is 1. The largest absolute Gasteiger partial charge is 0.479 e. The third-order valence-electron chi connectivity index (χ3n) is 3.42. The number of amides is 1. The number of hydrogen-bond donors (Lipinski definition) is 3. The van der Waals surface area contributed by atoms with Gasteiger partial charge in [-0.1, -0.05) is 12.1 Å². The van der Waals surface area contributed by atoms with Crippen molar-refractivity contribution >= 4 is 34.5 Å². The predicted octanol–water partition coefficient (Wildman–Crippen LogP) is 0.762. The quantitative estimate of drug-likeness (QED) is 0.561. The van der Waals surface area contributed by atoms with Gasteiger partial charge < -0.3 is 20.1 Å². The fourth-order valence-electron chi connectivity index (χ4n) is 2.10. The maximum Gasteiger partial charge on any atom is 0.334 e. The van der Waals surface area contributed by atoms with Crippen molar-refractivity contribution in [2.75, 3.05) is 19.4 Å². The molecule has 0 saturated heterocycles. The van der Waals surface area contributed by atoms with E-state index in [1.165, 1.54) is 18.9 Å². The molecule has 2 rings (SSSR count). The maximum atomic E-state index is 11.9. The van der Waals surface area contributed by atoms with Crippen molar-refractivity contribution in [1.29, 1.82) is 0 Å². The first-order chi connectivity index (χ1) is 12.0. The van der Waals surface area contributed by atoms with Crippen LogP contribution in [0.3, 0.4) is 0 Å². The minimum absolute atomic E-state index is 0.0745. The SMILES string of the molecule is COC(CNC(=O)CCSCc1nc2ccccc2c(=O)[nH]1)C(=O)O. The maximum absolute atomic E-state index is 11.9. The average molecular weight is 365 g/mol. The summed E-state index contributed by atoms with van der Waals surface area (Å²) in [5.41, 5.74) is 0.456. The van der Waals surface area contributed by atoms with Gasteiger partial charge in [0.1, 0.15) is 5.82 Å². The summed E-state index contributed by atoms with van der Waals surface area (Å²) in [6.45, 7) is -0.0745. The molecule has 0 fully saturated rings. The number of carbonyl (C=O) groups is 2. The van der Waals surface area contributed by atoms with Crippen molar-refractivity contribution in [2.24, 2.45) is 0 Å². The summed E-state index contributed by atoms with van der Waals surface area (Å²) >= 11 is 1.46. The minimum atomic E-state index is -1.12. The Kier molecular flexibility index (Phi) is 6.96. The highest BCUT2D eigenvalue weighted by atomic mass is 32.2. The van der Waals surface area contributed by atoms with Gasteiger partial charge in [-0.3, -0.25) is 9.59 Å². The highest BCUT2D eigenvalue weighted by Gasteiger charge is 2.16. The van der Waals surface area contributed by atoms with E-state index in [2.05, 4.69) is 15.3 Å². The van der Waals surface area contributed by atoms with Crippen molar-refractivity contribution in [3.05, 3.63) is 40.4 Å². The van der Waals surface area contributed by atoms with Gasteiger partial charge in [0.15, 0.2) is 6.10 Å². The lowest BCUT2D eigenvalue weighted by atomic mass is 10.2. The lowest BCUT2D eigenvalue weighted by Crippen LogP contribution is -2.37. The Morgan fingerprint density at radius 1 is 1.40 bits per heavy atom. The molecule has 1 aromatic carbocycles. The number of aliphatic carboxylic acids is 1. The fourth-order valence-corrected chi connectivity index (χ4v) is 2.91. The number of ether oxygens (including phenoxy) is 1. The molecule has 8 nitrogen and oxygen atoms in total. The second-order valence-electron chi connectivity index (χ2n) is 5.20. The highest BCUT2D eigenvalue weighted by molar-refractivity contribution is 7.98. The molecule has 1 unspecified atom stereocenters. The molecule has 2 aromatic rings. The summed E-state index contributed by atoms with van der Waals surface area (Å²) in [4.78, 5) is 41.5. The smallest absolute Gasteiger partial charge is 0.334 e. The first-order valence-electron chi connectivity index (χ1n) is 7.59. The van der Waals surface area contributed by atoms with E-state index in [1.807, 2.05) is 6.07 Å². The summed E-state index contributed by atoms with van der Waals surface area (Å²) in [6.07, 6.45) is -0.818. The second-order valence-corrected chi connectivity index (χ2v) is 6.30. The lowest BCUT2D eigenvalue weighted by Gasteiger charge is -2.11. The van der Waals surface area contributed by atoms with Crippen molar-refractivity contribution < 1.29 is 19.4 Å². The topological polar surface area (TPSA) is 121 Å². The molecule has 0 saturated carbocycles. The number of para-hydroxylation sites is 1. The van der Waals surface area contributed by atoms with Gasteiger partial charge in [-0.25, -0.2) is 9.78 Å². The standard InChI is InChI=1S/C16H19N3O5S/c1-24-12(16(22)23)8-17-14(20)6-7-25-9-13-18-11-5-3-2-4-10(11)15(21)19-13/h2-5,12H,6-9H2,1H3,(H,17,20)(H,22,23)(H,18,19,21). The number of H-pyrrole nitrogens is 1. The van der Waals surface area contributed by atoms with E-state index in [0.29, 0.717) is 28.2 Å². The molecular weight excluding hydrogens is 346 g/mol. The van der Waals surface area contributed by atoms with Crippen LogP contribution in [-0.4, -0.2) is 52.5 Å². The molecule has 0 radical (unpaired) electrons. The van der Waals surface area contributed by atoms with E-state index in [9.17, 15) is 14.4 Å². The lowest BCUT2D eigenvalue weighted by molar-refractivity contribution is -0.148. The van der Waals surface area contributed by atoms with E-state index in [0.717, 1.165) is 0 Å². The van der Waals surface area contributed by atoms with Crippen molar-refractivity contribution in [3.8, 4) is 0 Å². The normalized spacial score (nSPS) is 12.0. The number of benzene rings is 1. The first kappa shape index (κ1) is 18.9. The van der Waals surface area contributed by atoms with Crippen LogP contribution < -0.4 is 10.9 Å². The molecule has 1 atom stereocenters. The van der Waals surface area contributed by atoms with Gasteiger partial charge in [-0.2, -0.15) is 11.8 Å². The Bertz CT molecular complexity index is 808. The van der Waals surface area contributed by atoms with Crippen LogP contribution in [0.4, 0.5) is 0 Å². The molecule has 0 aliphatic heterocycles. The van der Waals surface area contributed by atoms with Gasteiger partial charge in [0.2, 0.25) is 5.91 Å². The zero-order valence-corrected chi connectivity index (χ0v) is 14.5. The van der Waals surface area contributed by atoms with Crippen molar-refractivity contribution in [3.63, 3.8) is 0 Å². The van der Waals surface area contributed by atoms with E-state index < -0.39 is 12.1 Å². The molecule has 1 aromatic heterocycles. The average Bonchev–Trinajstić information content (AvgIpc) is 2.59. The first-order valence-corrected chi connectivity index (χ1v) is 8.74. The van der Waals surface area contributed by atoms with Crippen LogP contribution >= 0.6 is 11.8 Å². The minimum Gasteiger partial charge on any atom is -0.479 e. The second kappa shape index (κ2) is 9.19. The van der Waals surface area contributed by atoms with Gasteiger partial charge in [0.25, 0.3) is 5.56 Å². The van der Waals surface area contributed by atoms with Crippen LogP contribution in [0.2, 0.25) is 0 Å². The molecule has 1 amide bonds. The Hall–Kier alpha value is -2.39. The Labute approximate surface area is 148 Å². The number of carboxylic acid groups (broad SMARTS) is 1. The van der Waals surface area contributed by atoms with Crippen LogP contribution in [0, 0.1) is 0 Å². The molecular formula is C16H19N3O5S. The van der Waals surface area contributed by atoms with Gasteiger partial charge in [-0.15, -0.1) is 0 Å². The number of thioether (sulfide) groups is 1. The van der Waals surface area contributed by atoms with Crippen LogP contribution in [0.5, 0.6) is 0 Å². The summed E-state index contributed by atoms with van der Waals surface area (Å²) < 4.78 is 4.73. The van der Waals surface area contributed by atoms with E-state index in [4.69, 9.17) is 9.84 Å². The van der Waals surface area contributed by atoms with Crippen LogP contribution in [-0.2, 0) is 20.1 Å². The molecule has 3 N–H and O–H groups in total. The number of rotatable bonds is 9. The summed E-state index contributed by atoms with van der Waals surface area (Å²) in [6, 6.07) is 7.10. The molecule has 0 aliphatic rings. The Morgan fingerprint density at radius 3 is 2.88 bits per heavy atom. The summed E-state index contributed by atoms with van der Waals surface area (Å²) in [5, 5.41) is 11.9. The molecule has 134 valence electrons. The van der Waals surface area contributed by atoms with E-state index in [1.54, 1.807) is 18.2 Å². The predicted molar refractivity (Wildman–Crippen MR) is 94.6 cm³/mol. The highest BCUT2D eigenvalue weighted by Crippen LogP contribution is 2.11. The third-order valence-corrected chi connectivity index (χ3v) is 4.39. The van der Waals surface area contributed by atoms with E-state index >= 15 is 0 Å². The van der Waals surface area contributed by atoms with Crippen LogP contribution in [0.25, 0.3) is 10.9 Å². The number of aromatic amines is 1. The number of aromatic nitrogens is 2. The Balaban J connectivity index is 1.77. The van der Waals surface area contributed by atoms with E-state index in [-0.39, 0.29) is 24.4 Å². The van der Waals surface area contributed by atoms with Gasteiger partial charge in [0.05, 0.1) is 23.2 Å². The third kappa shape index (κ3) is 5.57. The van der Waals surface area contributed by atoms with Gasteiger partial charge in [0, 0.05) is 19.3 Å². The molecule has 25 heavy (non-hydrogen) atoms. The van der Waals surface area contributed by atoms with Gasteiger partial charge >= 0.3 is 5.97 Å². The van der Waals surface area contributed by atoms with Gasteiger partial charge in [-0.05, 0) is 12.1 Å². The molecule has 0 spiro atoms. The summed E-state index contributed by atoms with van der Waals surface area (Å²) in [7, 11) is 1.28. The molecule has 9 heteroatoms. The van der Waals surface area contributed by atoms with Crippen molar-refractivity contribution in [2.45, 2.75) is 18.3 Å². The van der Waals surface area contributed by atoms with Crippen molar-refractivity contribution in [1.82, 2.24) is 15.3 Å². The number of fused-ring (bicyclic) bond motifs is 1. The number of carbonyl (C=O) groups excluding carboxylic acids is 1. The molecule has 1 heterocycles. The molecule has 0 aliphatic carbocycles. The Morgan fingerprint density at radius 2 is 2.16 bits per heavy atom. The number of nitrogens with one attached hydrogen (secondary N) is 2. The number of hydrogen-bond acceptors (Lipinski definition) is 6. The van der Waals surface area contributed by atoms with Crippen LogP contribution in [0.15, 0.2) is 29.1 Å². The zero-order valence-electron chi connectivity index (χ0n) is 13.7. The molecule has 0 bridgehead atoms. The fraction of sp³-hybridized carbons (Fsp3) is 0.375. The number of methoxy groups -OCH3 is 1. The van der Waals surface area contributed by atoms with Crippen LogP contribution in [0.1, 0.15) is 12.2 Å². The monoisotopic (exact) mass is 365 g/mol. The number of nitrogens with zero attached hydrogens (tertiary/aromatic N) is 1.